The number of carbonyl (C=O) groups excluding carboxylic acids is 2. The number of sulfonamides is 1. The minimum absolute atomic E-state index is 0.102. The second-order valence-corrected chi connectivity index (χ2v) is 8.71. The number of Topliss-reactive ketones (excluding diaryl/α,β-unsaturated/α-hetero) is 1. The highest BCUT2D eigenvalue weighted by atomic mass is 32.2. The Morgan fingerprint density at radius 3 is 2.30 bits per heavy atom. The summed E-state index contributed by atoms with van der Waals surface area (Å²) in [5, 5.41) is 0.761. The van der Waals surface area contributed by atoms with Crippen LogP contribution in [-0.2, 0) is 14.8 Å². The number of ketones is 1. The molecule has 0 aliphatic carbocycles. The third kappa shape index (κ3) is 4.15. The summed E-state index contributed by atoms with van der Waals surface area (Å²) in [6, 6.07) is 12.9. The number of carbonyl (C=O) groups is 2. The molecule has 1 unspecified atom stereocenters. The minimum atomic E-state index is -3.61. The fourth-order valence-corrected chi connectivity index (χ4v) is 4.71. The standard InChI is InChI=1S/C22H24N2O5S/c1-4-24(5-2)30(27,28)17-12-10-16(11-13-17)22(26)29-15(3)21(25)19-14-23-20-9-7-6-8-18(19)20/h6-15,23H,4-5H2,1-3H3. The number of H-pyrrole nitrogens is 1. The number of hydrogen-bond donors (Lipinski definition) is 1. The van der Waals surface area contributed by atoms with E-state index in [0.717, 1.165) is 10.9 Å². The van der Waals surface area contributed by atoms with Crippen molar-refractivity contribution in [2.75, 3.05) is 13.1 Å². The fourth-order valence-electron chi connectivity index (χ4n) is 3.25. The molecular formula is C22H24N2O5S. The van der Waals surface area contributed by atoms with Crippen molar-refractivity contribution in [2.24, 2.45) is 0 Å². The van der Waals surface area contributed by atoms with Gasteiger partial charge in [0.05, 0.1) is 10.5 Å². The predicted molar refractivity (Wildman–Crippen MR) is 114 cm³/mol. The Balaban J connectivity index is 1.73. The van der Waals surface area contributed by atoms with Crippen molar-refractivity contribution < 1.29 is 22.7 Å². The van der Waals surface area contributed by atoms with Crippen LogP contribution in [0.15, 0.2) is 59.6 Å². The molecule has 0 fully saturated rings. The molecule has 0 amide bonds. The van der Waals surface area contributed by atoms with Crippen LogP contribution in [0.4, 0.5) is 0 Å². The van der Waals surface area contributed by atoms with Gasteiger partial charge in [-0.1, -0.05) is 32.0 Å². The van der Waals surface area contributed by atoms with Gasteiger partial charge in [0.2, 0.25) is 15.8 Å². The van der Waals surface area contributed by atoms with Gasteiger partial charge in [-0.25, -0.2) is 13.2 Å². The van der Waals surface area contributed by atoms with E-state index < -0.39 is 22.1 Å². The van der Waals surface area contributed by atoms with Crippen molar-refractivity contribution in [1.82, 2.24) is 9.29 Å². The van der Waals surface area contributed by atoms with Gasteiger partial charge in [-0.2, -0.15) is 4.31 Å². The molecule has 0 bridgehead atoms. The molecule has 8 heteroatoms. The molecule has 0 saturated heterocycles. The highest BCUT2D eigenvalue weighted by Crippen LogP contribution is 2.21. The van der Waals surface area contributed by atoms with Crippen LogP contribution in [0.25, 0.3) is 10.9 Å². The Morgan fingerprint density at radius 2 is 1.67 bits per heavy atom. The lowest BCUT2D eigenvalue weighted by molar-refractivity contribution is 0.0319. The average molecular weight is 429 g/mol. The number of aromatic nitrogens is 1. The van der Waals surface area contributed by atoms with Gasteiger partial charge in [0.1, 0.15) is 0 Å². The van der Waals surface area contributed by atoms with E-state index in [0.29, 0.717) is 18.7 Å². The number of esters is 1. The van der Waals surface area contributed by atoms with E-state index in [1.54, 1.807) is 20.0 Å². The maximum absolute atomic E-state index is 12.7. The van der Waals surface area contributed by atoms with Crippen LogP contribution in [-0.4, -0.2) is 48.7 Å². The zero-order valence-electron chi connectivity index (χ0n) is 17.1. The molecule has 0 radical (unpaired) electrons. The maximum Gasteiger partial charge on any atom is 0.338 e. The number of aromatic amines is 1. The summed E-state index contributed by atoms with van der Waals surface area (Å²) in [5.74, 6) is -1.01. The second-order valence-electron chi connectivity index (χ2n) is 6.77. The van der Waals surface area contributed by atoms with Crippen molar-refractivity contribution in [3.05, 3.63) is 65.9 Å². The summed E-state index contributed by atoms with van der Waals surface area (Å²) in [7, 11) is -3.61. The van der Waals surface area contributed by atoms with Gasteiger partial charge in [-0.05, 0) is 37.3 Å². The van der Waals surface area contributed by atoms with Gasteiger partial charge in [0.25, 0.3) is 0 Å². The Labute approximate surface area is 175 Å². The summed E-state index contributed by atoms with van der Waals surface area (Å²) >= 11 is 0. The summed E-state index contributed by atoms with van der Waals surface area (Å²) in [6.45, 7) is 5.76. The van der Waals surface area contributed by atoms with Crippen LogP contribution >= 0.6 is 0 Å². The van der Waals surface area contributed by atoms with Crippen LogP contribution in [0.5, 0.6) is 0 Å². The van der Waals surface area contributed by atoms with Crippen molar-refractivity contribution in [2.45, 2.75) is 31.8 Å². The Kier molecular flexibility index (Phi) is 6.38. The van der Waals surface area contributed by atoms with Crippen LogP contribution in [0.1, 0.15) is 41.5 Å². The molecule has 30 heavy (non-hydrogen) atoms. The lowest BCUT2D eigenvalue weighted by Crippen LogP contribution is -2.30. The number of hydrogen-bond acceptors (Lipinski definition) is 5. The van der Waals surface area contributed by atoms with Crippen LogP contribution < -0.4 is 0 Å². The van der Waals surface area contributed by atoms with E-state index in [-0.39, 0.29) is 16.2 Å². The van der Waals surface area contributed by atoms with Crippen LogP contribution in [0.2, 0.25) is 0 Å². The molecule has 2 aromatic carbocycles. The Hall–Kier alpha value is -2.97. The topological polar surface area (TPSA) is 96.5 Å². The predicted octanol–water partition coefficient (Wildman–Crippen LogP) is 3.63. The largest absolute Gasteiger partial charge is 0.451 e. The molecule has 7 nitrogen and oxygen atoms in total. The lowest BCUT2D eigenvalue weighted by Gasteiger charge is -2.18. The van der Waals surface area contributed by atoms with Crippen molar-refractivity contribution >= 4 is 32.7 Å². The van der Waals surface area contributed by atoms with Gasteiger partial charge in [0, 0.05) is 35.8 Å². The normalized spacial score (nSPS) is 12.8. The molecule has 1 aromatic heterocycles. The molecule has 0 saturated carbocycles. The molecule has 0 aliphatic rings. The molecule has 1 heterocycles. The fraction of sp³-hybridized carbons (Fsp3) is 0.273. The van der Waals surface area contributed by atoms with Crippen molar-refractivity contribution in [1.29, 1.82) is 0 Å². The van der Waals surface area contributed by atoms with Crippen LogP contribution in [0.3, 0.4) is 0 Å². The summed E-state index contributed by atoms with van der Waals surface area (Å²) < 4.78 is 31.7. The molecule has 3 rings (SSSR count). The number of nitrogens with zero attached hydrogens (tertiary/aromatic N) is 1. The quantitative estimate of drug-likeness (QED) is 0.437. The zero-order valence-corrected chi connectivity index (χ0v) is 17.9. The third-order valence-electron chi connectivity index (χ3n) is 4.94. The molecule has 3 aromatic rings. The number of benzene rings is 2. The van der Waals surface area contributed by atoms with E-state index in [1.165, 1.54) is 35.5 Å². The highest BCUT2D eigenvalue weighted by Gasteiger charge is 2.24. The molecule has 0 spiro atoms. The van der Waals surface area contributed by atoms with Crippen LogP contribution in [0, 0.1) is 0 Å². The minimum Gasteiger partial charge on any atom is -0.451 e. The second kappa shape index (κ2) is 8.81. The molecule has 158 valence electrons. The van der Waals surface area contributed by atoms with E-state index in [9.17, 15) is 18.0 Å². The molecule has 1 N–H and O–H groups in total. The number of ether oxygens (including phenoxy) is 1. The Bertz CT molecular complexity index is 1160. The number of para-hydroxylation sites is 1. The monoisotopic (exact) mass is 428 g/mol. The first-order valence-electron chi connectivity index (χ1n) is 9.71. The van der Waals surface area contributed by atoms with E-state index in [2.05, 4.69) is 4.98 Å². The van der Waals surface area contributed by atoms with Gasteiger partial charge in [-0.3, -0.25) is 4.79 Å². The molecule has 0 aliphatic heterocycles. The average Bonchev–Trinajstić information content (AvgIpc) is 3.18. The zero-order chi connectivity index (χ0) is 21.9. The smallest absolute Gasteiger partial charge is 0.338 e. The van der Waals surface area contributed by atoms with E-state index in [4.69, 9.17) is 4.74 Å². The first-order valence-corrected chi connectivity index (χ1v) is 11.1. The lowest BCUT2D eigenvalue weighted by atomic mass is 10.1. The highest BCUT2D eigenvalue weighted by molar-refractivity contribution is 7.89. The number of rotatable bonds is 8. The van der Waals surface area contributed by atoms with E-state index in [1.807, 2.05) is 24.3 Å². The van der Waals surface area contributed by atoms with E-state index >= 15 is 0 Å². The summed E-state index contributed by atoms with van der Waals surface area (Å²) in [5.41, 5.74) is 1.45. The summed E-state index contributed by atoms with van der Waals surface area (Å²) in [4.78, 5) is 28.3. The summed E-state index contributed by atoms with van der Waals surface area (Å²) in [6.07, 6.45) is 0.611. The van der Waals surface area contributed by atoms with Gasteiger partial charge in [-0.15, -0.1) is 0 Å². The SMILES string of the molecule is CCN(CC)S(=O)(=O)c1ccc(C(=O)OC(C)C(=O)c2c[nH]c3ccccc23)cc1. The Morgan fingerprint density at radius 1 is 1.03 bits per heavy atom. The number of nitrogens with one attached hydrogen (secondary N) is 1. The first-order chi connectivity index (χ1) is 14.3. The van der Waals surface area contributed by atoms with Crippen molar-refractivity contribution in [3.8, 4) is 0 Å². The van der Waals surface area contributed by atoms with Gasteiger partial charge < -0.3 is 9.72 Å². The van der Waals surface area contributed by atoms with Gasteiger partial charge >= 0.3 is 5.97 Å². The van der Waals surface area contributed by atoms with Crippen molar-refractivity contribution in [3.63, 3.8) is 0 Å². The molecular weight excluding hydrogens is 404 g/mol. The number of fused-ring (bicyclic) bond motifs is 1. The third-order valence-corrected chi connectivity index (χ3v) is 7.01. The van der Waals surface area contributed by atoms with Gasteiger partial charge in [0.15, 0.2) is 6.10 Å². The molecule has 1 atom stereocenters. The first kappa shape index (κ1) is 21.7. The maximum atomic E-state index is 12.7.